The van der Waals surface area contributed by atoms with Gasteiger partial charge in [-0.1, -0.05) is 51.1 Å². The Balaban J connectivity index is 1.49. The molecule has 2 atom stereocenters. The van der Waals surface area contributed by atoms with Crippen LogP contribution in [0, 0.1) is 26.2 Å². The standard InChI is InChI=1S/C38H46N6O4S/c1-24-16-17-33(43-18-10-13-27(43)4)39-32(24)22-44-29(21-38(5,6)7)23-48-34-20-31(35-25(2)11-8-12-26(35)3)40-37(41-34)42-49(46,47)30-15-9-14-28(19-30)36(44)45/h8-9,11-12,14-17,19-20,27,29H,10,13,18,21-23H2,1-7H3,(H,40,41,42)/t27-,29-/m1/s1. The smallest absolute Gasteiger partial charge is 0.264 e. The Morgan fingerprint density at radius 3 is 2.37 bits per heavy atom. The molecule has 1 N–H and O–H groups in total. The van der Waals surface area contributed by atoms with Crippen LogP contribution in [0.25, 0.3) is 11.3 Å². The number of fused-ring (bicyclic) bond motifs is 4. The molecule has 4 heterocycles. The van der Waals surface area contributed by atoms with Gasteiger partial charge < -0.3 is 14.5 Å². The average Bonchev–Trinajstić information content (AvgIpc) is 3.47. The number of nitrogens with zero attached hydrogens (tertiary/aromatic N) is 5. The number of pyridine rings is 1. The van der Waals surface area contributed by atoms with Gasteiger partial charge in [0, 0.05) is 29.8 Å². The van der Waals surface area contributed by atoms with E-state index in [9.17, 15) is 13.2 Å². The number of carbonyl (C=O) groups excluding carboxylic acids is 1. The SMILES string of the molecule is Cc1ccc(N2CCC[C@H]2C)nc1CN1C(=O)c2cccc(c2)S(=O)(=O)Nc2nc(cc(-c3c(C)cccc3C)n2)OC[C@H]1CC(C)(C)C. The Hall–Kier alpha value is -4.51. The summed E-state index contributed by atoms with van der Waals surface area (Å²) in [6, 6.07) is 17.9. The van der Waals surface area contributed by atoms with E-state index in [1.807, 2.05) is 39.0 Å². The molecule has 0 spiro atoms. The van der Waals surface area contributed by atoms with E-state index in [1.165, 1.54) is 12.1 Å². The van der Waals surface area contributed by atoms with Gasteiger partial charge in [0.25, 0.3) is 15.9 Å². The molecule has 1 amide bonds. The van der Waals surface area contributed by atoms with Crippen molar-refractivity contribution < 1.29 is 17.9 Å². The maximum atomic E-state index is 14.6. The van der Waals surface area contributed by atoms with Gasteiger partial charge in [0.15, 0.2) is 0 Å². The summed E-state index contributed by atoms with van der Waals surface area (Å²) < 4.78 is 36.5. The molecule has 2 aliphatic heterocycles. The highest BCUT2D eigenvalue weighted by Gasteiger charge is 2.32. The second kappa shape index (κ2) is 13.4. The summed E-state index contributed by atoms with van der Waals surface area (Å²) >= 11 is 0. The number of aryl methyl sites for hydroxylation is 3. The van der Waals surface area contributed by atoms with Gasteiger partial charge in [0.2, 0.25) is 11.8 Å². The number of hydrogen-bond donors (Lipinski definition) is 1. The highest BCUT2D eigenvalue weighted by molar-refractivity contribution is 7.92. The minimum Gasteiger partial charge on any atom is -0.475 e. The van der Waals surface area contributed by atoms with Crippen LogP contribution in [0.5, 0.6) is 5.88 Å². The molecule has 2 aliphatic rings. The van der Waals surface area contributed by atoms with Crippen LogP contribution < -0.4 is 14.4 Å². The van der Waals surface area contributed by atoms with Gasteiger partial charge in [0.1, 0.15) is 12.4 Å². The lowest BCUT2D eigenvalue weighted by molar-refractivity contribution is 0.0509. The fourth-order valence-corrected chi connectivity index (χ4v) is 7.85. The van der Waals surface area contributed by atoms with Crippen molar-refractivity contribution in [1.29, 1.82) is 0 Å². The number of anilines is 2. The Morgan fingerprint density at radius 2 is 1.67 bits per heavy atom. The molecule has 11 heteroatoms. The first-order valence-electron chi connectivity index (χ1n) is 16.9. The van der Waals surface area contributed by atoms with Crippen LogP contribution in [-0.2, 0) is 16.6 Å². The highest BCUT2D eigenvalue weighted by atomic mass is 32.2. The second-order valence-corrected chi connectivity index (χ2v) is 16.3. The van der Waals surface area contributed by atoms with Gasteiger partial charge in [0.05, 0.1) is 28.9 Å². The number of benzene rings is 2. The summed E-state index contributed by atoms with van der Waals surface area (Å²) in [7, 11) is -4.17. The van der Waals surface area contributed by atoms with Crippen LogP contribution >= 0.6 is 0 Å². The zero-order chi connectivity index (χ0) is 35.1. The third-order valence-corrected chi connectivity index (χ3v) is 10.7. The summed E-state index contributed by atoms with van der Waals surface area (Å²) in [4.78, 5) is 32.9. The van der Waals surface area contributed by atoms with Gasteiger partial charge in [-0.3, -0.25) is 4.79 Å². The minimum absolute atomic E-state index is 0.0622. The van der Waals surface area contributed by atoms with Gasteiger partial charge in [-0.05, 0) is 93.3 Å². The van der Waals surface area contributed by atoms with E-state index < -0.39 is 16.1 Å². The number of aromatic nitrogens is 3. The summed E-state index contributed by atoms with van der Waals surface area (Å²) in [5.74, 6) is 0.702. The molecule has 6 rings (SSSR count). The first-order chi connectivity index (χ1) is 23.2. The number of ether oxygens (including phenoxy) is 1. The molecule has 0 radical (unpaired) electrons. The van der Waals surface area contributed by atoms with Crippen molar-refractivity contribution in [2.45, 2.75) is 91.3 Å². The lowest BCUT2D eigenvalue weighted by Crippen LogP contribution is -2.45. The van der Waals surface area contributed by atoms with Crippen molar-refractivity contribution in [3.63, 3.8) is 0 Å². The van der Waals surface area contributed by atoms with Crippen molar-refractivity contribution in [1.82, 2.24) is 19.9 Å². The van der Waals surface area contributed by atoms with E-state index in [-0.39, 0.29) is 46.8 Å². The largest absolute Gasteiger partial charge is 0.475 e. The highest BCUT2D eigenvalue weighted by Crippen LogP contribution is 2.32. The number of nitrogens with one attached hydrogen (secondary N) is 1. The quantitative estimate of drug-likeness (QED) is 0.237. The number of carbonyl (C=O) groups is 1. The van der Waals surface area contributed by atoms with Gasteiger partial charge in [-0.15, -0.1) is 0 Å². The molecule has 1 fully saturated rings. The molecule has 258 valence electrons. The summed E-state index contributed by atoms with van der Waals surface area (Å²) in [5, 5.41) is 0. The molecular formula is C38H46N6O4S. The van der Waals surface area contributed by atoms with E-state index in [2.05, 4.69) is 59.4 Å². The Labute approximate surface area is 290 Å². The topological polar surface area (TPSA) is 118 Å². The molecule has 2 aromatic carbocycles. The molecule has 4 bridgehead atoms. The molecule has 1 saturated heterocycles. The molecular weight excluding hydrogens is 637 g/mol. The molecule has 49 heavy (non-hydrogen) atoms. The van der Waals surface area contributed by atoms with E-state index in [0.29, 0.717) is 18.2 Å². The first-order valence-corrected chi connectivity index (χ1v) is 18.4. The van der Waals surface area contributed by atoms with Crippen LogP contribution in [0.2, 0.25) is 0 Å². The Kier molecular flexibility index (Phi) is 9.41. The Bertz CT molecular complexity index is 1970. The van der Waals surface area contributed by atoms with Crippen LogP contribution in [0.4, 0.5) is 11.8 Å². The molecule has 0 saturated carbocycles. The normalized spacial score (nSPS) is 19.4. The zero-order valence-electron chi connectivity index (χ0n) is 29.4. The molecule has 0 aliphatic carbocycles. The van der Waals surface area contributed by atoms with Crippen molar-refractivity contribution in [3.8, 4) is 17.1 Å². The maximum absolute atomic E-state index is 14.6. The molecule has 0 unspecified atom stereocenters. The number of rotatable bonds is 5. The third kappa shape index (κ3) is 7.56. The summed E-state index contributed by atoms with van der Waals surface area (Å²) in [6.45, 7) is 15.9. The van der Waals surface area contributed by atoms with Crippen molar-refractivity contribution in [2.75, 3.05) is 22.8 Å². The van der Waals surface area contributed by atoms with E-state index in [4.69, 9.17) is 9.72 Å². The van der Waals surface area contributed by atoms with Crippen LogP contribution in [0.1, 0.15) is 79.7 Å². The van der Waals surface area contributed by atoms with E-state index >= 15 is 0 Å². The predicted octanol–water partition coefficient (Wildman–Crippen LogP) is 7.09. The maximum Gasteiger partial charge on any atom is 0.264 e. The predicted molar refractivity (Wildman–Crippen MR) is 192 cm³/mol. The minimum atomic E-state index is -4.17. The molecule has 10 nitrogen and oxygen atoms in total. The summed E-state index contributed by atoms with van der Waals surface area (Å²) in [5.41, 5.74) is 5.23. The van der Waals surface area contributed by atoms with Crippen molar-refractivity contribution in [3.05, 3.63) is 88.6 Å². The fraction of sp³-hybridized carbons (Fsp3) is 0.421. The average molecular weight is 683 g/mol. The zero-order valence-corrected chi connectivity index (χ0v) is 30.3. The lowest BCUT2D eigenvalue weighted by Gasteiger charge is -2.36. The van der Waals surface area contributed by atoms with Crippen molar-refractivity contribution in [2.24, 2.45) is 5.41 Å². The summed E-state index contributed by atoms with van der Waals surface area (Å²) in [6.07, 6.45) is 2.84. The third-order valence-electron chi connectivity index (χ3n) is 9.38. The van der Waals surface area contributed by atoms with Crippen LogP contribution in [0.15, 0.2) is 65.6 Å². The van der Waals surface area contributed by atoms with Gasteiger partial charge in [-0.2, -0.15) is 4.98 Å². The first kappa shape index (κ1) is 34.4. The fourth-order valence-electron chi connectivity index (χ4n) is 6.86. The van der Waals surface area contributed by atoms with E-state index in [1.54, 1.807) is 23.1 Å². The van der Waals surface area contributed by atoms with Crippen LogP contribution in [-0.4, -0.2) is 59.4 Å². The number of sulfonamides is 1. The van der Waals surface area contributed by atoms with Crippen molar-refractivity contribution >= 4 is 27.7 Å². The van der Waals surface area contributed by atoms with E-state index in [0.717, 1.165) is 53.2 Å². The van der Waals surface area contributed by atoms with Gasteiger partial charge in [-0.25, -0.2) is 23.1 Å². The van der Waals surface area contributed by atoms with Crippen LogP contribution in [0.3, 0.4) is 0 Å². The van der Waals surface area contributed by atoms with Gasteiger partial charge >= 0.3 is 0 Å². The second-order valence-electron chi connectivity index (χ2n) is 14.6. The molecule has 2 aromatic heterocycles. The Morgan fingerprint density at radius 1 is 0.939 bits per heavy atom. The lowest BCUT2D eigenvalue weighted by atomic mass is 9.87. The monoisotopic (exact) mass is 682 g/mol. The number of hydrogen-bond acceptors (Lipinski definition) is 8. The number of amides is 1. The molecule has 4 aromatic rings.